The summed E-state index contributed by atoms with van der Waals surface area (Å²) >= 11 is 0. The van der Waals surface area contributed by atoms with E-state index in [-0.39, 0.29) is 24.3 Å². The monoisotopic (exact) mass is 333 g/mol. The Morgan fingerprint density at radius 1 is 1.29 bits per heavy atom. The van der Waals surface area contributed by atoms with Gasteiger partial charge in [-0.05, 0) is 43.7 Å². The first-order chi connectivity index (χ1) is 11.4. The molecule has 1 aromatic carbocycles. The van der Waals surface area contributed by atoms with E-state index in [4.69, 9.17) is 10.5 Å². The molecule has 1 aliphatic heterocycles. The number of hydrogen-bond donors (Lipinski definition) is 2. The van der Waals surface area contributed by atoms with Gasteiger partial charge in [0.1, 0.15) is 0 Å². The molecule has 0 spiro atoms. The summed E-state index contributed by atoms with van der Waals surface area (Å²) in [5.41, 5.74) is 8.89. The highest BCUT2D eigenvalue weighted by Crippen LogP contribution is 2.20. The van der Waals surface area contributed by atoms with Crippen LogP contribution in [0.2, 0.25) is 0 Å². The number of nitrogens with one attached hydrogen (secondary N) is 1. The Labute approximate surface area is 143 Å². The van der Waals surface area contributed by atoms with E-state index in [9.17, 15) is 9.59 Å². The molecule has 3 N–H and O–H groups in total. The van der Waals surface area contributed by atoms with Crippen molar-refractivity contribution in [2.24, 2.45) is 11.7 Å². The van der Waals surface area contributed by atoms with Crippen LogP contribution in [0.5, 0.6) is 0 Å². The third-order valence-corrected chi connectivity index (χ3v) is 4.56. The number of para-hydroxylation sites is 1. The fourth-order valence-electron chi connectivity index (χ4n) is 3.01. The molecule has 24 heavy (non-hydrogen) atoms. The predicted octanol–water partition coefficient (Wildman–Crippen LogP) is 1.45. The molecule has 2 rings (SSSR count). The van der Waals surface area contributed by atoms with Gasteiger partial charge in [0.05, 0.1) is 12.6 Å². The summed E-state index contributed by atoms with van der Waals surface area (Å²) in [6.07, 6.45) is 1.57. The second kappa shape index (κ2) is 8.26. The molecule has 1 atom stereocenters. The molecule has 6 heteroatoms. The van der Waals surface area contributed by atoms with Crippen molar-refractivity contribution >= 4 is 17.5 Å². The summed E-state index contributed by atoms with van der Waals surface area (Å²) in [5.74, 6) is -0.295. The van der Waals surface area contributed by atoms with E-state index in [0.717, 1.165) is 29.7 Å². The lowest BCUT2D eigenvalue weighted by Gasteiger charge is -2.29. The lowest BCUT2D eigenvalue weighted by Crippen LogP contribution is -2.49. The highest BCUT2D eigenvalue weighted by molar-refractivity contribution is 5.96. The molecule has 1 aliphatic rings. The molecule has 0 aliphatic carbocycles. The minimum Gasteiger partial charge on any atom is -0.381 e. The smallest absolute Gasteiger partial charge is 0.243 e. The third kappa shape index (κ3) is 4.55. The molecule has 1 heterocycles. The zero-order valence-corrected chi connectivity index (χ0v) is 14.7. The van der Waals surface area contributed by atoms with Gasteiger partial charge in [0.15, 0.2) is 0 Å². The fraction of sp³-hybridized carbons (Fsp3) is 0.556. The Hall–Kier alpha value is -1.92. The number of rotatable bonds is 5. The number of nitrogens with two attached hydrogens (primary N) is 1. The standard InChI is InChI=1S/C18H27N3O3/c1-12-5-4-6-13(2)17(12)20-15(22)11-21(3)18(23)16(19)14-7-9-24-10-8-14/h4-6,14,16H,7-11,19H2,1-3H3,(H,20,22). The van der Waals surface area contributed by atoms with Gasteiger partial charge in [-0.3, -0.25) is 9.59 Å². The molecule has 1 aromatic rings. The Balaban J connectivity index is 1.91. The van der Waals surface area contributed by atoms with Crippen LogP contribution in [0.15, 0.2) is 18.2 Å². The molecule has 132 valence electrons. The SMILES string of the molecule is Cc1cccc(C)c1NC(=O)CN(C)C(=O)C(N)C1CCOCC1. The van der Waals surface area contributed by atoms with Gasteiger partial charge in [0, 0.05) is 25.9 Å². The average molecular weight is 333 g/mol. The summed E-state index contributed by atoms with van der Waals surface area (Å²) in [4.78, 5) is 26.1. The number of anilines is 1. The Bertz CT molecular complexity index is 577. The zero-order valence-electron chi connectivity index (χ0n) is 14.7. The number of carbonyl (C=O) groups excluding carboxylic acids is 2. The molecule has 1 fully saturated rings. The molecule has 6 nitrogen and oxygen atoms in total. The maximum absolute atomic E-state index is 12.4. The topological polar surface area (TPSA) is 84.7 Å². The van der Waals surface area contributed by atoms with Crippen LogP contribution >= 0.6 is 0 Å². The first-order valence-electron chi connectivity index (χ1n) is 8.34. The molecule has 1 saturated heterocycles. The van der Waals surface area contributed by atoms with E-state index in [0.29, 0.717) is 13.2 Å². The van der Waals surface area contributed by atoms with Gasteiger partial charge < -0.3 is 20.7 Å². The van der Waals surface area contributed by atoms with Crippen LogP contribution < -0.4 is 11.1 Å². The van der Waals surface area contributed by atoms with Crippen LogP contribution in [-0.2, 0) is 14.3 Å². The second-order valence-electron chi connectivity index (χ2n) is 6.48. The molecular weight excluding hydrogens is 306 g/mol. The van der Waals surface area contributed by atoms with E-state index in [1.807, 2.05) is 32.0 Å². The summed E-state index contributed by atoms with van der Waals surface area (Å²) in [6, 6.07) is 5.26. The quantitative estimate of drug-likeness (QED) is 0.854. The number of ether oxygens (including phenoxy) is 1. The van der Waals surface area contributed by atoms with Crippen molar-refractivity contribution in [1.29, 1.82) is 0 Å². The summed E-state index contributed by atoms with van der Waals surface area (Å²) in [7, 11) is 1.62. The van der Waals surface area contributed by atoms with Crippen molar-refractivity contribution in [3.05, 3.63) is 29.3 Å². The van der Waals surface area contributed by atoms with Gasteiger partial charge in [-0.2, -0.15) is 0 Å². The van der Waals surface area contributed by atoms with Crippen LogP contribution in [0.3, 0.4) is 0 Å². The lowest BCUT2D eigenvalue weighted by molar-refractivity contribution is -0.136. The summed E-state index contributed by atoms with van der Waals surface area (Å²) in [6.45, 7) is 5.16. The number of carbonyl (C=O) groups is 2. The number of aryl methyl sites for hydroxylation is 2. The average Bonchev–Trinajstić information content (AvgIpc) is 2.57. The van der Waals surface area contributed by atoms with Crippen LogP contribution in [0.25, 0.3) is 0 Å². The number of hydrogen-bond acceptors (Lipinski definition) is 4. The minimum absolute atomic E-state index is 0.0104. The molecule has 0 radical (unpaired) electrons. The van der Waals surface area contributed by atoms with Crippen LogP contribution in [0.1, 0.15) is 24.0 Å². The molecule has 0 saturated carbocycles. The largest absolute Gasteiger partial charge is 0.381 e. The molecule has 1 unspecified atom stereocenters. The van der Waals surface area contributed by atoms with E-state index in [2.05, 4.69) is 5.32 Å². The number of benzene rings is 1. The van der Waals surface area contributed by atoms with Crippen molar-refractivity contribution < 1.29 is 14.3 Å². The first kappa shape index (κ1) is 18.4. The lowest BCUT2D eigenvalue weighted by atomic mass is 9.91. The van der Waals surface area contributed by atoms with Crippen LogP contribution in [0, 0.1) is 19.8 Å². The highest BCUT2D eigenvalue weighted by Gasteiger charge is 2.29. The summed E-state index contributed by atoms with van der Waals surface area (Å²) in [5, 5.41) is 2.89. The fourth-order valence-corrected chi connectivity index (χ4v) is 3.01. The summed E-state index contributed by atoms with van der Waals surface area (Å²) < 4.78 is 5.30. The zero-order chi connectivity index (χ0) is 17.7. The highest BCUT2D eigenvalue weighted by atomic mass is 16.5. The molecule has 0 aromatic heterocycles. The van der Waals surface area contributed by atoms with Gasteiger partial charge in [-0.25, -0.2) is 0 Å². The number of likely N-dealkylation sites (N-methyl/N-ethyl adjacent to an activating group) is 1. The van der Waals surface area contributed by atoms with Crippen LogP contribution in [0.4, 0.5) is 5.69 Å². The van der Waals surface area contributed by atoms with Crippen molar-refractivity contribution in [3.8, 4) is 0 Å². The van der Waals surface area contributed by atoms with Gasteiger partial charge in [0.25, 0.3) is 0 Å². The van der Waals surface area contributed by atoms with Crippen molar-refractivity contribution in [1.82, 2.24) is 4.90 Å². The van der Waals surface area contributed by atoms with Crippen LogP contribution in [-0.4, -0.2) is 49.6 Å². The second-order valence-corrected chi connectivity index (χ2v) is 6.48. The van der Waals surface area contributed by atoms with E-state index >= 15 is 0 Å². The molecular formula is C18H27N3O3. The Kier molecular flexibility index (Phi) is 6.34. The van der Waals surface area contributed by atoms with Crippen molar-refractivity contribution in [2.75, 3.05) is 32.1 Å². The first-order valence-corrected chi connectivity index (χ1v) is 8.34. The van der Waals surface area contributed by atoms with Gasteiger partial charge in [-0.15, -0.1) is 0 Å². The van der Waals surface area contributed by atoms with E-state index in [1.54, 1.807) is 7.05 Å². The molecule has 0 bridgehead atoms. The Morgan fingerprint density at radius 3 is 2.46 bits per heavy atom. The minimum atomic E-state index is -0.577. The van der Waals surface area contributed by atoms with Crippen molar-refractivity contribution in [3.63, 3.8) is 0 Å². The van der Waals surface area contributed by atoms with Crippen molar-refractivity contribution in [2.45, 2.75) is 32.7 Å². The van der Waals surface area contributed by atoms with Gasteiger partial charge in [0.2, 0.25) is 11.8 Å². The third-order valence-electron chi connectivity index (χ3n) is 4.56. The van der Waals surface area contributed by atoms with E-state index in [1.165, 1.54) is 4.90 Å². The number of nitrogens with zero attached hydrogens (tertiary/aromatic N) is 1. The number of amides is 2. The maximum Gasteiger partial charge on any atom is 0.243 e. The normalized spacial score (nSPS) is 16.5. The van der Waals surface area contributed by atoms with Gasteiger partial charge in [-0.1, -0.05) is 18.2 Å². The Morgan fingerprint density at radius 2 is 1.88 bits per heavy atom. The predicted molar refractivity (Wildman–Crippen MR) is 93.7 cm³/mol. The maximum atomic E-state index is 12.4. The van der Waals surface area contributed by atoms with Gasteiger partial charge >= 0.3 is 0 Å². The molecule has 2 amide bonds. The van der Waals surface area contributed by atoms with E-state index < -0.39 is 6.04 Å².